The minimum absolute atomic E-state index is 0.0361. The minimum Gasteiger partial charge on any atom is -0.445 e. The number of fused-ring (bicyclic) bond motifs is 1. The molecule has 182 valence electrons. The molecule has 0 spiro atoms. The van der Waals surface area contributed by atoms with E-state index in [0.717, 1.165) is 24.8 Å². The van der Waals surface area contributed by atoms with Crippen molar-refractivity contribution in [1.29, 1.82) is 0 Å². The Kier molecular flexibility index (Phi) is 5.96. The monoisotopic (exact) mass is 482 g/mol. The second kappa shape index (κ2) is 8.37. The fraction of sp³-hybridized carbons (Fsp3) is 0.520. The number of carbonyl (C=O) groups is 3. The third-order valence-electron chi connectivity index (χ3n) is 7.59. The van der Waals surface area contributed by atoms with Crippen LogP contribution in [0.2, 0.25) is 24.7 Å². The second-order valence-corrected chi connectivity index (χ2v) is 16.4. The predicted molar refractivity (Wildman–Crippen MR) is 132 cm³/mol. The Morgan fingerprint density at radius 3 is 2.29 bits per heavy atom. The van der Waals surface area contributed by atoms with Crippen LogP contribution in [0.3, 0.4) is 0 Å². The van der Waals surface area contributed by atoms with Gasteiger partial charge in [-0.05, 0) is 32.3 Å². The highest BCUT2D eigenvalue weighted by Gasteiger charge is 2.54. The maximum absolute atomic E-state index is 13.5. The van der Waals surface area contributed by atoms with E-state index < -0.39 is 19.7 Å². The zero-order chi connectivity index (χ0) is 24.9. The van der Waals surface area contributed by atoms with Crippen LogP contribution in [0.4, 0.5) is 10.6 Å². The van der Waals surface area contributed by atoms with Crippen molar-refractivity contribution >= 4 is 31.8 Å². The number of anilines is 1. The molecule has 1 aliphatic heterocycles. The van der Waals surface area contributed by atoms with Gasteiger partial charge in [0.2, 0.25) is 11.8 Å². The first kappa shape index (κ1) is 24.2. The summed E-state index contributed by atoms with van der Waals surface area (Å²) in [6, 6.07) is 9.50. The Hall–Kier alpha value is -2.94. The highest BCUT2D eigenvalue weighted by molar-refractivity contribution is 6.83. The van der Waals surface area contributed by atoms with Crippen LogP contribution >= 0.6 is 0 Å². The summed E-state index contributed by atoms with van der Waals surface area (Å²) in [4.78, 5) is 40.6. The lowest BCUT2D eigenvalue weighted by molar-refractivity contribution is -0.121. The molecule has 2 aliphatic rings. The number of nitrogens with one attached hydrogen (secondary N) is 1. The fourth-order valence-corrected chi connectivity index (χ4v) is 7.69. The average molecular weight is 483 g/mol. The Morgan fingerprint density at radius 1 is 1.12 bits per heavy atom. The normalized spacial score (nSPS) is 18.1. The molecule has 0 bridgehead atoms. The first-order chi connectivity index (χ1) is 15.9. The number of aromatic nitrogens is 2. The lowest BCUT2D eigenvalue weighted by Crippen LogP contribution is -2.52. The third kappa shape index (κ3) is 3.85. The molecule has 1 aliphatic carbocycles. The maximum Gasteiger partial charge on any atom is 0.411 e. The average Bonchev–Trinajstić information content (AvgIpc) is 3.20. The van der Waals surface area contributed by atoms with Crippen molar-refractivity contribution in [2.45, 2.75) is 83.4 Å². The summed E-state index contributed by atoms with van der Waals surface area (Å²) in [5.41, 5.74) is 1.40. The van der Waals surface area contributed by atoms with Gasteiger partial charge in [0.25, 0.3) is 0 Å². The van der Waals surface area contributed by atoms with E-state index in [0.29, 0.717) is 17.1 Å². The van der Waals surface area contributed by atoms with Crippen molar-refractivity contribution in [3.05, 3.63) is 47.2 Å². The Bertz CT molecular complexity index is 1130. The molecule has 0 atom stereocenters. The van der Waals surface area contributed by atoms with E-state index in [9.17, 15) is 14.4 Å². The molecule has 34 heavy (non-hydrogen) atoms. The highest BCUT2D eigenvalue weighted by Crippen LogP contribution is 2.56. The van der Waals surface area contributed by atoms with E-state index in [1.807, 2.05) is 44.2 Å². The van der Waals surface area contributed by atoms with Crippen molar-refractivity contribution in [2.75, 3.05) is 5.32 Å². The van der Waals surface area contributed by atoms with Crippen LogP contribution in [0.25, 0.3) is 0 Å². The number of hydrogen-bond donors (Lipinski definition) is 1. The lowest BCUT2D eigenvalue weighted by Gasteiger charge is -2.48. The van der Waals surface area contributed by atoms with Gasteiger partial charge in [-0.2, -0.15) is 9.78 Å². The van der Waals surface area contributed by atoms with E-state index in [1.54, 1.807) is 4.90 Å². The topological polar surface area (TPSA) is 93.5 Å². The number of hydrogen-bond acceptors (Lipinski definition) is 5. The van der Waals surface area contributed by atoms with Crippen LogP contribution in [-0.4, -0.2) is 40.7 Å². The molecule has 1 saturated carbocycles. The molecule has 2 heterocycles. The zero-order valence-electron chi connectivity index (χ0n) is 20.9. The van der Waals surface area contributed by atoms with Gasteiger partial charge in [-0.25, -0.2) is 4.79 Å². The maximum atomic E-state index is 13.5. The second-order valence-electron chi connectivity index (χ2n) is 10.9. The van der Waals surface area contributed by atoms with Crippen molar-refractivity contribution < 1.29 is 19.1 Å². The van der Waals surface area contributed by atoms with Gasteiger partial charge in [-0.3, -0.25) is 14.5 Å². The zero-order valence-corrected chi connectivity index (χ0v) is 21.9. The molecule has 2 aromatic rings. The SMILES string of the molecule is CC(=O)n1nc2c(c1NC(=O)C1([Si](C)(C)C)CCC1)CN(C(=O)OCc1ccccc1)C2(C)C. The molecule has 1 N–H and O–H groups in total. The summed E-state index contributed by atoms with van der Waals surface area (Å²) in [6.45, 7) is 12.2. The molecule has 9 heteroatoms. The van der Waals surface area contributed by atoms with Crippen LogP contribution in [0.5, 0.6) is 0 Å². The van der Waals surface area contributed by atoms with Gasteiger partial charge in [-0.1, -0.05) is 56.4 Å². The molecule has 2 amide bonds. The van der Waals surface area contributed by atoms with E-state index in [1.165, 1.54) is 11.6 Å². The number of ether oxygens (including phenoxy) is 1. The summed E-state index contributed by atoms with van der Waals surface area (Å²) < 4.78 is 6.85. The molecule has 1 aromatic heterocycles. The molecular weight excluding hydrogens is 448 g/mol. The van der Waals surface area contributed by atoms with Gasteiger partial charge >= 0.3 is 6.09 Å². The van der Waals surface area contributed by atoms with Gasteiger partial charge in [0.1, 0.15) is 12.4 Å². The van der Waals surface area contributed by atoms with Crippen LogP contribution in [0.15, 0.2) is 30.3 Å². The summed E-state index contributed by atoms with van der Waals surface area (Å²) >= 11 is 0. The highest BCUT2D eigenvalue weighted by atomic mass is 28.3. The lowest BCUT2D eigenvalue weighted by atomic mass is 9.83. The van der Waals surface area contributed by atoms with Gasteiger partial charge in [0, 0.05) is 17.5 Å². The molecule has 8 nitrogen and oxygen atoms in total. The quantitative estimate of drug-likeness (QED) is 0.596. The van der Waals surface area contributed by atoms with Crippen molar-refractivity contribution in [3.8, 4) is 0 Å². The summed E-state index contributed by atoms with van der Waals surface area (Å²) in [5.74, 6) is 0.0591. The van der Waals surface area contributed by atoms with E-state index >= 15 is 0 Å². The first-order valence-electron chi connectivity index (χ1n) is 11.8. The van der Waals surface area contributed by atoms with Gasteiger partial charge in [0.15, 0.2) is 0 Å². The number of benzene rings is 1. The van der Waals surface area contributed by atoms with Gasteiger partial charge in [-0.15, -0.1) is 0 Å². The number of amides is 2. The van der Waals surface area contributed by atoms with E-state index in [-0.39, 0.29) is 30.0 Å². The first-order valence-corrected chi connectivity index (χ1v) is 15.3. The third-order valence-corrected chi connectivity index (χ3v) is 11.2. The van der Waals surface area contributed by atoms with Crippen LogP contribution in [-0.2, 0) is 28.2 Å². The Balaban J connectivity index is 1.61. The Labute approximate surface area is 201 Å². The number of carbonyl (C=O) groups excluding carboxylic acids is 3. The van der Waals surface area contributed by atoms with Crippen molar-refractivity contribution in [2.24, 2.45) is 0 Å². The van der Waals surface area contributed by atoms with Crippen LogP contribution < -0.4 is 5.32 Å². The predicted octanol–water partition coefficient (Wildman–Crippen LogP) is 5.13. The smallest absolute Gasteiger partial charge is 0.411 e. The van der Waals surface area contributed by atoms with Gasteiger partial charge in [0.05, 0.1) is 25.9 Å². The Morgan fingerprint density at radius 2 is 1.76 bits per heavy atom. The molecule has 0 saturated heterocycles. The minimum atomic E-state index is -1.80. The summed E-state index contributed by atoms with van der Waals surface area (Å²) in [5, 5.41) is 7.27. The fourth-order valence-electron chi connectivity index (χ4n) is 5.10. The van der Waals surface area contributed by atoms with Crippen molar-refractivity contribution in [3.63, 3.8) is 0 Å². The standard InChI is InChI=1S/C25H34N4O4Si/c1-17(30)29-21(26-22(31)25(13-10-14-25)34(4,5)6)19-15-28(24(2,3)20(19)27-29)23(32)33-16-18-11-8-7-9-12-18/h7-9,11-12H,10,13-16H2,1-6H3,(H,26,31). The number of nitrogens with zero attached hydrogens (tertiary/aromatic N) is 3. The van der Waals surface area contributed by atoms with Crippen LogP contribution in [0.1, 0.15) is 61.6 Å². The molecule has 1 fully saturated rings. The van der Waals surface area contributed by atoms with Crippen LogP contribution in [0, 0.1) is 0 Å². The molecule has 4 rings (SSSR count). The van der Waals surface area contributed by atoms with E-state index in [4.69, 9.17) is 4.74 Å². The van der Waals surface area contributed by atoms with E-state index in [2.05, 4.69) is 30.1 Å². The van der Waals surface area contributed by atoms with Crippen molar-refractivity contribution in [1.82, 2.24) is 14.7 Å². The molecule has 0 unspecified atom stereocenters. The number of rotatable bonds is 5. The molecule has 1 aromatic carbocycles. The largest absolute Gasteiger partial charge is 0.445 e. The summed E-state index contributed by atoms with van der Waals surface area (Å²) in [7, 11) is -1.80. The summed E-state index contributed by atoms with van der Waals surface area (Å²) in [6.07, 6.45) is 2.31. The molecule has 0 radical (unpaired) electrons. The van der Waals surface area contributed by atoms with Gasteiger partial charge < -0.3 is 10.1 Å². The molecular formula is C25H34N4O4Si.